The monoisotopic (exact) mass is 247 g/mol. The van der Waals surface area contributed by atoms with E-state index in [4.69, 9.17) is 27.9 Å². The Morgan fingerprint density at radius 3 is 2.47 bits per heavy atom. The Bertz CT molecular complexity index is 297. The lowest BCUT2D eigenvalue weighted by molar-refractivity contribution is 0.258. The number of hydrogen-bond donors (Lipinski definition) is 1. The first kappa shape index (κ1) is 12.6. The topological polar surface area (TPSA) is 21.3 Å². The van der Waals surface area contributed by atoms with Crippen molar-refractivity contribution in [2.75, 3.05) is 20.2 Å². The minimum Gasteiger partial charge on any atom is -0.490 e. The minimum absolute atomic E-state index is 0.419. The van der Waals surface area contributed by atoms with Crippen molar-refractivity contribution in [2.45, 2.75) is 6.92 Å². The Kier molecular flexibility index (Phi) is 5.23. The normalized spacial score (nSPS) is 12.5. The second-order valence-corrected chi connectivity index (χ2v) is 4.34. The Morgan fingerprint density at radius 1 is 1.33 bits per heavy atom. The molecule has 0 radical (unpaired) electrons. The highest BCUT2D eigenvalue weighted by Crippen LogP contribution is 2.32. The number of benzene rings is 1. The highest BCUT2D eigenvalue weighted by molar-refractivity contribution is 6.37. The maximum Gasteiger partial charge on any atom is 0.156 e. The molecule has 1 N–H and O–H groups in total. The molecule has 4 heteroatoms. The van der Waals surface area contributed by atoms with Crippen LogP contribution in [0.15, 0.2) is 18.2 Å². The Hall–Kier alpha value is -0.440. The fourth-order valence-electron chi connectivity index (χ4n) is 1.25. The SMILES string of the molecule is CNCC(C)COc1c(Cl)cccc1Cl. The van der Waals surface area contributed by atoms with Crippen molar-refractivity contribution in [1.82, 2.24) is 5.32 Å². The van der Waals surface area contributed by atoms with Crippen LogP contribution in [-0.4, -0.2) is 20.2 Å². The second kappa shape index (κ2) is 6.21. The predicted molar refractivity (Wildman–Crippen MR) is 65.0 cm³/mol. The molecule has 1 aromatic carbocycles. The molecular weight excluding hydrogens is 233 g/mol. The fraction of sp³-hybridized carbons (Fsp3) is 0.455. The van der Waals surface area contributed by atoms with E-state index in [2.05, 4.69) is 12.2 Å². The molecule has 1 aromatic rings. The van der Waals surface area contributed by atoms with Gasteiger partial charge in [0.2, 0.25) is 0 Å². The predicted octanol–water partition coefficient (Wildman–Crippen LogP) is 3.23. The first-order chi connectivity index (χ1) is 7.15. The lowest BCUT2D eigenvalue weighted by atomic mass is 10.2. The molecule has 0 spiro atoms. The van der Waals surface area contributed by atoms with Gasteiger partial charge in [-0.25, -0.2) is 0 Å². The van der Waals surface area contributed by atoms with E-state index in [1.54, 1.807) is 18.2 Å². The minimum atomic E-state index is 0.419. The molecule has 84 valence electrons. The van der Waals surface area contributed by atoms with Crippen LogP contribution in [0.1, 0.15) is 6.92 Å². The van der Waals surface area contributed by atoms with Gasteiger partial charge in [0.1, 0.15) is 0 Å². The highest BCUT2D eigenvalue weighted by atomic mass is 35.5. The van der Waals surface area contributed by atoms with Gasteiger partial charge in [-0.05, 0) is 19.2 Å². The summed E-state index contributed by atoms with van der Waals surface area (Å²) in [5.41, 5.74) is 0. The van der Waals surface area contributed by atoms with Crippen LogP contribution in [0.5, 0.6) is 5.75 Å². The zero-order valence-electron chi connectivity index (χ0n) is 8.89. The molecule has 0 amide bonds. The van der Waals surface area contributed by atoms with E-state index in [0.717, 1.165) is 6.54 Å². The number of rotatable bonds is 5. The molecule has 1 unspecified atom stereocenters. The maximum atomic E-state index is 5.96. The molecule has 0 aliphatic heterocycles. The van der Waals surface area contributed by atoms with Crippen molar-refractivity contribution in [3.05, 3.63) is 28.2 Å². The van der Waals surface area contributed by atoms with Gasteiger partial charge in [0.25, 0.3) is 0 Å². The zero-order valence-corrected chi connectivity index (χ0v) is 10.4. The second-order valence-electron chi connectivity index (χ2n) is 3.52. The number of nitrogens with one attached hydrogen (secondary N) is 1. The van der Waals surface area contributed by atoms with Crippen LogP contribution in [0, 0.1) is 5.92 Å². The molecular formula is C11H15Cl2NO. The van der Waals surface area contributed by atoms with E-state index in [1.807, 2.05) is 7.05 Å². The van der Waals surface area contributed by atoms with Gasteiger partial charge in [-0.15, -0.1) is 0 Å². The average Bonchev–Trinajstić information content (AvgIpc) is 2.17. The van der Waals surface area contributed by atoms with Crippen molar-refractivity contribution in [1.29, 1.82) is 0 Å². The molecule has 0 saturated heterocycles. The van der Waals surface area contributed by atoms with Gasteiger partial charge in [-0.3, -0.25) is 0 Å². The van der Waals surface area contributed by atoms with E-state index in [-0.39, 0.29) is 0 Å². The Balaban J connectivity index is 2.57. The third-order valence-electron chi connectivity index (χ3n) is 1.98. The summed E-state index contributed by atoms with van der Waals surface area (Å²) in [6.07, 6.45) is 0. The molecule has 0 aliphatic rings. The average molecular weight is 248 g/mol. The number of para-hydroxylation sites is 1. The summed E-state index contributed by atoms with van der Waals surface area (Å²) in [7, 11) is 1.92. The Morgan fingerprint density at radius 2 is 1.93 bits per heavy atom. The zero-order chi connectivity index (χ0) is 11.3. The standard InChI is InChI=1S/C11H15Cl2NO/c1-8(6-14-2)7-15-11-9(12)4-3-5-10(11)13/h3-5,8,14H,6-7H2,1-2H3. The third kappa shape index (κ3) is 3.90. The van der Waals surface area contributed by atoms with Crippen LogP contribution in [0.3, 0.4) is 0 Å². The van der Waals surface area contributed by atoms with E-state index in [1.165, 1.54) is 0 Å². The molecule has 0 heterocycles. The molecule has 0 saturated carbocycles. The maximum absolute atomic E-state index is 5.96. The highest BCUT2D eigenvalue weighted by Gasteiger charge is 2.08. The van der Waals surface area contributed by atoms with Gasteiger partial charge in [0.05, 0.1) is 16.7 Å². The molecule has 0 fully saturated rings. The molecule has 0 bridgehead atoms. The van der Waals surface area contributed by atoms with Crippen molar-refractivity contribution >= 4 is 23.2 Å². The van der Waals surface area contributed by atoms with Gasteiger partial charge in [-0.2, -0.15) is 0 Å². The summed E-state index contributed by atoms with van der Waals surface area (Å²) < 4.78 is 5.58. The van der Waals surface area contributed by atoms with Crippen LogP contribution in [0.4, 0.5) is 0 Å². The number of hydrogen-bond acceptors (Lipinski definition) is 2. The van der Waals surface area contributed by atoms with Gasteiger partial charge in [0, 0.05) is 12.5 Å². The molecule has 15 heavy (non-hydrogen) atoms. The van der Waals surface area contributed by atoms with Crippen molar-refractivity contribution in [2.24, 2.45) is 5.92 Å². The first-order valence-corrected chi connectivity index (χ1v) is 5.62. The van der Waals surface area contributed by atoms with Crippen LogP contribution < -0.4 is 10.1 Å². The van der Waals surface area contributed by atoms with Gasteiger partial charge >= 0.3 is 0 Å². The largest absolute Gasteiger partial charge is 0.490 e. The molecule has 0 aliphatic carbocycles. The Labute approximate surface area is 101 Å². The van der Waals surface area contributed by atoms with Crippen LogP contribution >= 0.6 is 23.2 Å². The van der Waals surface area contributed by atoms with Crippen molar-refractivity contribution < 1.29 is 4.74 Å². The smallest absolute Gasteiger partial charge is 0.156 e. The lowest BCUT2D eigenvalue weighted by Crippen LogP contribution is -2.21. The molecule has 1 atom stereocenters. The van der Waals surface area contributed by atoms with E-state index >= 15 is 0 Å². The summed E-state index contributed by atoms with van der Waals surface area (Å²) in [5, 5.41) is 4.20. The quantitative estimate of drug-likeness (QED) is 0.863. The fourth-order valence-corrected chi connectivity index (χ4v) is 1.76. The van der Waals surface area contributed by atoms with E-state index < -0.39 is 0 Å². The number of halogens is 2. The van der Waals surface area contributed by atoms with Crippen molar-refractivity contribution in [3.8, 4) is 5.75 Å². The third-order valence-corrected chi connectivity index (χ3v) is 2.58. The van der Waals surface area contributed by atoms with Gasteiger partial charge in [0.15, 0.2) is 5.75 Å². The van der Waals surface area contributed by atoms with Gasteiger partial charge in [-0.1, -0.05) is 36.2 Å². The van der Waals surface area contributed by atoms with Crippen LogP contribution in [0.2, 0.25) is 10.0 Å². The summed E-state index contributed by atoms with van der Waals surface area (Å²) in [5.74, 6) is 0.992. The van der Waals surface area contributed by atoms with E-state index in [9.17, 15) is 0 Å². The van der Waals surface area contributed by atoms with Crippen molar-refractivity contribution in [3.63, 3.8) is 0 Å². The molecule has 2 nitrogen and oxygen atoms in total. The summed E-state index contributed by atoms with van der Waals surface area (Å²) in [6.45, 7) is 3.60. The number of ether oxygens (including phenoxy) is 1. The van der Waals surface area contributed by atoms with Crippen LogP contribution in [0.25, 0.3) is 0 Å². The van der Waals surface area contributed by atoms with Crippen LogP contribution in [-0.2, 0) is 0 Å². The molecule has 1 rings (SSSR count). The first-order valence-electron chi connectivity index (χ1n) is 4.86. The summed E-state index contributed by atoms with van der Waals surface area (Å²) in [4.78, 5) is 0. The van der Waals surface area contributed by atoms with Gasteiger partial charge < -0.3 is 10.1 Å². The van der Waals surface area contributed by atoms with E-state index in [0.29, 0.717) is 28.3 Å². The lowest BCUT2D eigenvalue weighted by Gasteiger charge is -2.14. The molecule has 0 aromatic heterocycles. The summed E-state index contributed by atoms with van der Waals surface area (Å²) >= 11 is 11.9. The summed E-state index contributed by atoms with van der Waals surface area (Å²) in [6, 6.07) is 5.34.